The fraction of sp³-hybridized carbons (Fsp3) is 0.400. The molecule has 0 saturated carbocycles. The van der Waals surface area contributed by atoms with Crippen molar-refractivity contribution in [2.75, 3.05) is 11.9 Å². The van der Waals surface area contributed by atoms with E-state index in [1.807, 2.05) is 18.2 Å². The van der Waals surface area contributed by atoms with Crippen molar-refractivity contribution in [1.29, 1.82) is 0 Å². The van der Waals surface area contributed by atoms with Crippen LogP contribution in [0, 0.1) is 0 Å². The Bertz CT molecular complexity index is 276. The van der Waals surface area contributed by atoms with Crippen LogP contribution in [-0.4, -0.2) is 6.54 Å². The molecule has 0 aliphatic rings. The second-order valence-electron chi connectivity index (χ2n) is 2.91. The summed E-state index contributed by atoms with van der Waals surface area (Å²) in [4.78, 5) is 0. The van der Waals surface area contributed by atoms with Crippen LogP contribution in [0.5, 0.6) is 0 Å². The van der Waals surface area contributed by atoms with E-state index in [0.717, 1.165) is 21.7 Å². The number of hydrogen-bond donors (Lipinski definition) is 1. The van der Waals surface area contributed by atoms with Crippen LogP contribution in [0.25, 0.3) is 0 Å². The van der Waals surface area contributed by atoms with E-state index in [1.165, 1.54) is 12.8 Å². The molecule has 1 rings (SSSR count). The van der Waals surface area contributed by atoms with Gasteiger partial charge in [-0.3, -0.25) is 0 Å². The second-order valence-corrected chi connectivity index (χ2v) is 4.17. The van der Waals surface area contributed by atoms with Crippen LogP contribution in [0.2, 0.25) is 5.02 Å². The Hall–Kier alpha value is -0.210. The normalized spacial score (nSPS) is 10.1. The molecule has 72 valence electrons. The van der Waals surface area contributed by atoms with E-state index < -0.39 is 0 Å². The molecule has 0 aliphatic carbocycles. The summed E-state index contributed by atoms with van der Waals surface area (Å²) in [5.74, 6) is 0. The Morgan fingerprint density at radius 3 is 2.85 bits per heavy atom. The van der Waals surface area contributed by atoms with E-state index in [1.54, 1.807) is 0 Å². The second kappa shape index (κ2) is 5.51. The van der Waals surface area contributed by atoms with Gasteiger partial charge in [-0.2, -0.15) is 0 Å². The summed E-state index contributed by atoms with van der Waals surface area (Å²) in [6.45, 7) is 3.19. The van der Waals surface area contributed by atoms with Crippen molar-refractivity contribution in [3.63, 3.8) is 0 Å². The van der Waals surface area contributed by atoms with Crippen molar-refractivity contribution in [1.82, 2.24) is 0 Å². The summed E-state index contributed by atoms with van der Waals surface area (Å²) < 4.78 is 0.940. The fourth-order valence-electron chi connectivity index (χ4n) is 1.02. The first-order valence-corrected chi connectivity index (χ1v) is 5.60. The number of unbranched alkanes of at least 4 members (excludes halogenated alkanes) is 1. The summed E-state index contributed by atoms with van der Waals surface area (Å²) >= 11 is 9.29. The van der Waals surface area contributed by atoms with Gasteiger partial charge in [-0.05, 0) is 40.5 Å². The lowest BCUT2D eigenvalue weighted by molar-refractivity contribution is 0.834. The smallest absolute Gasteiger partial charge is 0.0568 e. The molecule has 0 aliphatic heterocycles. The molecular weight excluding hydrogens is 249 g/mol. The maximum Gasteiger partial charge on any atom is 0.0568 e. The molecule has 0 bridgehead atoms. The number of rotatable bonds is 4. The van der Waals surface area contributed by atoms with Gasteiger partial charge in [0.05, 0.1) is 5.02 Å². The molecule has 13 heavy (non-hydrogen) atoms. The summed E-state index contributed by atoms with van der Waals surface area (Å²) in [5, 5.41) is 4.06. The highest BCUT2D eigenvalue weighted by Crippen LogP contribution is 2.25. The van der Waals surface area contributed by atoms with Crippen LogP contribution < -0.4 is 5.32 Å². The van der Waals surface area contributed by atoms with Crippen molar-refractivity contribution in [2.45, 2.75) is 19.8 Å². The number of benzene rings is 1. The van der Waals surface area contributed by atoms with Crippen LogP contribution in [0.4, 0.5) is 5.69 Å². The molecule has 1 N–H and O–H groups in total. The molecule has 0 radical (unpaired) electrons. The number of nitrogens with one attached hydrogen (secondary N) is 1. The standard InChI is InChI=1S/C10H13BrClN/c1-2-3-6-13-8-4-5-9(11)10(12)7-8/h4-5,7,13H,2-3,6H2,1H3. The van der Waals surface area contributed by atoms with Crippen LogP contribution in [0.1, 0.15) is 19.8 Å². The third-order valence-corrected chi connectivity index (χ3v) is 3.01. The van der Waals surface area contributed by atoms with Crippen LogP contribution in [-0.2, 0) is 0 Å². The van der Waals surface area contributed by atoms with E-state index in [-0.39, 0.29) is 0 Å². The Morgan fingerprint density at radius 2 is 2.23 bits per heavy atom. The summed E-state index contributed by atoms with van der Waals surface area (Å²) in [5.41, 5.74) is 1.08. The van der Waals surface area contributed by atoms with E-state index in [0.29, 0.717) is 0 Å². The van der Waals surface area contributed by atoms with Crippen molar-refractivity contribution < 1.29 is 0 Å². The first-order chi connectivity index (χ1) is 6.24. The molecule has 0 aromatic heterocycles. The topological polar surface area (TPSA) is 12.0 Å². The molecule has 0 unspecified atom stereocenters. The predicted molar refractivity (Wildman–Crippen MR) is 62.5 cm³/mol. The first-order valence-electron chi connectivity index (χ1n) is 4.43. The van der Waals surface area contributed by atoms with Crippen molar-refractivity contribution in [3.8, 4) is 0 Å². The van der Waals surface area contributed by atoms with Gasteiger partial charge in [0.1, 0.15) is 0 Å². The largest absolute Gasteiger partial charge is 0.385 e. The van der Waals surface area contributed by atoms with Gasteiger partial charge in [0.15, 0.2) is 0 Å². The lowest BCUT2D eigenvalue weighted by Gasteiger charge is -2.06. The predicted octanol–water partition coefficient (Wildman–Crippen LogP) is 4.31. The first kappa shape index (κ1) is 10.9. The average molecular weight is 263 g/mol. The van der Waals surface area contributed by atoms with E-state index in [4.69, 9.17) is 11.6 Å². The van der Waals surface area contributed by atoms with Crippen molar-refractivity contribution >= 4 is 33.2 Å². The number of hydrogen-bond acceptors (Lipinski definition) is 1. The van der Waals surface area contributed by atoms with Gasteiger partial charge >= 0.3 is 0 Å². The van der Waals surface area contributed by atoms with E-state index in [9.17, 15) is 0 Å². The minimum Gasteiger partial charge on any atom is -0.385 e. The molecule has 0 saturated heterocycles. The van der Waals surface area contributed by atoms with Gasteiger partial charge in [0, 0.05) is 16.7 Å². The molecule has 1 aromatic rings. The zero-order valence-corrected chi connectivity index (χ0v) is 9.95. The van der Waals surface area contributed by atoms with Gasteiger partial charge < -0.3 is 5.32 Å². The van der Waals surface area contributed by atoms with Crippen LogP contribution in [0.3, 0.4) is 0 Å². The quantitative estimate of drug-likeness (QED) is 0.797. The number of halogens is 2. The average Bonchev–Trinajstić information content (AvgIpc) is 2.12. The molecule has 1 aromatic carbocycles. The van der Waals surface area contributed by atoms with E-state index in [2.05, 4.69) is 28.2 Å². The maximum atomic E-state index is 5.94. The summed E-state index contributed by atoms with van der Waals surface area (Å²) in [6.07, 6.45) is 2.39. The number of anilines is 1. The summed E-state index contributed by atoms with van der Waals surface area (Å²) in [7, 11) is 0. The highest BCUT2D eigenvalue weighted by Gasteiger charge is 1.97. The van der Waals surface area contributed by atoms with Gasteiger partial charge in [-0.1, -0.05) is 24.9 Å². The van der Waals surface area contributed by atoms with Gasteiger partial charge in [0.2, 0.25) is 0 Å². The van der Waals surface area contributed by atoms with Crippen molar-refractivity contribution in [3.05, 3.63) is 27.7 Å². The Morgan fingerprint density at radius 1 is 1.46 bits per heavy atom. The SMILES string of the molecule is CCCCNc1ccc(Br)c(Cl)c1. The van der Waals surface area contributed by atoms with E-state index >= 15 is 0 Å². The molecule has 0 heterocycles. The van der Waals surface area contributed by atoms with Gasteiger partial charge in [-0.15, -0.1) is 0 Å². The molecule has 0 spiro atoms. The molecule has 0 fully saturated rings. The lowest BCUT2D eigenvalue weighted by atomic mass is 10.3. The zero-order chi connectivity index (χ0) is 9.68. The Kier molecular flexibility index (Phi) is 4.60. The third-order valence-electron chi connectivity index (χ3n) is 1.78. The van der Waals surface area contributed by atoms with Gasteiger partial charge in [0.25, 0.3) is 0 Å². The molecule has 1 nitrogen and oxygen atoms in total. The third kappa shape index (κ3) is 3.57. The molecule has 3 heteroatoms. The fourth-order valence-corrected chi connectivity index (χ4v) is 1.44. The lowest BCUT2D eigenvalue weighted by Crippen LogP contribution is -2.00. The molecule has 0 amide bonds. The maximum absolute atomic E-state index is 5.94. The minimum absolute atomic E-state index is 0.751. The Labute approximate surface area is 92.6 Å². The summed E-state index contributed by atoms with van der Waals surface area (Å²) in [6, 6.07) is 5.91. The molecular formula is C10H13BrClN. The molecule has 0 atom stereocenters. The van der Waals surface area contributed by atoms with Crippen LogP contribution in [0.15, 0.2) is 22.7 Å². The Balaban J connectivity index is 2.53. The zero-order valence-electron chi connectivity index (χ0n) is 7.61. The van der Waals surface area contributed by atoms with Crippen molar-refractivity contribution in [2.24, 2.45) is 0 Å². The highest BCUT2D eigenvalue weighted by atomic mass is 79.9. The minimum atomic E-state index is 0.751. The van der Waals surface area contributed by atoms with Gasteiger partial charge in [-0.25, -0.2) is 0 Å². The monoisotopic (exact) mass is 261 g/mol. The van der Waals surface area contributed by atoms with Crippen LogP contribution >= 0.6 is 27.5 Å². The highest BCUT2D eigenvalue weighted by molar-refractivity contribution is 9.10.